The van der Waals surface area contributed by atoms with Crippen molar-refractivity contribution in [2.75, 3.05) is 25.5 Å². The number of rotatable bonds is 10. The Kier molecular flexibility index (Phi) is 8.50. The summed E-state index contributed by atoms with van der Waals surface area (Å²) < 4.78 is 7.54. The number of hydrogen-bond donors (Lipinski definition) is 3. The quantitative estimate of drug-likeness (QED) is 0.161. The third kappa shape index (κ3) is 6.27. The number of hydrogen-bond acceptors (Lipinski definition) is 9. The van der Waals surface area contributed by atoms with Gasteiger partial charge in [0.25, 0.3) is 0 Å². The van der Waals surface area contributed by atoms with Crippen molar-refractivity contribution in [2.45, 2.75) is 13.1 Å². The van der Waals surface area contributed by atoms with E-state index in [1.165, 1.54) is 4.57 Å². The van der Waals surface area contributed by atoms with Crippen LogP contribution in [0.3, 0.4) is 0 Å². The smallest absolute Gasteiger partial charge is 0.355 e. The largest absolute Gasteiger partial charge is 0.497 e. The van der Waals surface area contributed by atoms with Crippen molar-refractivity contribution in [3.05, 3.63) is 84.6 Å². The van der Waals surface area contributed by atoms with E-state index in [0.717, 1.165) is 15.2 Å². The number of methoxy groups -OCH3 is 1. The Morgan fingerprint density at radius 3 is 2.41 bits per heavy atom. The highest BCUT2D eigenvalue weighted by molar-refractivity contribution is 6.42. The van der Waals surface area contributed by atoms with Gasteiger partial charge in [0.05, 0.1) is 36.8 Å². The molecule has 0 unspecified atom stereocenters. The zero-order valence-corrected chi connectivity index (χ0v) is 19.7. The number of aromatic nitrogens is 3. The molecule has 0 atom stereocenters. The van der Waals surface area contributed by atoms with E-state index in [1.807, 2.05) is 12.1 Å². The Labute approximate surface area is 204 Å². The lowest BCUT2D eigenvalue weighted by molar-refractivity contribution is 0.243. The summed E-state index contributed by atoms with van der Waals surface area (Å²) in [7, 11) is 1.56. The van der Waals surface area contributed by atoms with E-state index < -0.39 is 11.4 Å². The Morgan fingerprint density at radius 1 is 1.09 bits per heavy atom. The summed E-state index contributed by atoms with van der Waals surface area (Å²) in [5.74, 6) is 6.35. The second-order valence-corrected chi connectivity index (χ2v) is 7.93. The minimum absolute atomic E-state index is 0.0346. The van der Waals surface area contributed by atoms with Crippen LogP contribution in [-0.2, 0) is 13.1 Å². The number of nitrogens with one attached hydrogen (secondary N) is 2. The van der Waals surface area contributed by atoms with Crippen molar-refractivity contribution in [3.63, 3.8) is 0 Å². The third-order valence-electron chi connectivity index (χ3n) is 4.80. The van der Waals surface area contributed by atoms with E-state index in [4.69, 9.17) is 39.0 Å². The van der Waals surface area contributed by atoms with E-state index in [2.05, 4.69) is 15.7 Å². The Bertz CT molecular complexity index is 1300. The molecule has 2 aromatic carbocycles. The Hall–Kier alpha value is -3.56. The maximum absolute atomic E-state index is 13.4. The molecule has 34 heavy (non-hydrogen) atoms. The van der Waals surface area contributed by atoms with Crippen LogP contribution < -0.4 is 32.7 Å². The number of nitriles is 1. The number of halogens is 2. The first kappa shape index (κ1) is 25.1. The van der Waals surface area contributed by atoms with Gasteiger partial charge in [-0.15, -0.1) is 0 Å². The van der Waals surface area contributed by atoms with Gasteiger partial charge in [0.1, 0.15) is 5.75 Å². The molecule has 0 aliphatic carbocycles. The molecule has 0 radical (unpaired) electrons. The minimum atomic E-state index is -0.732. The maximum Gasteiger partial charge on any atom is 0.355 e. The standard InChI is InChI=1S/C21H22Cl2N8O3/c1-34-16-5-2-14(3-6-16)11-29-19(26-8-9-31(25)27-13-24)28-20(32)30(21(29)33)12-15-4-7-17(22)18(23)10-15/h2-7,10,27H,8-9,11-12,25H2,1H3,(H,26,28,32). The molecule has 4 N–H and O–H groups in total. The summed E-state index contributed by atoms with van der Waals surface area (Å²) in [4.78, 5) is 30.2. The van der Waals surface area contributed by atoms with Gasteiger partial charge in [-0.3, -0.25) is 10.4 Å². The Morgan fingerprint density at radius 2 is 1.76 bits per heavy atom. The molecular weight excluding hydrogens is 483 g/mol. The van der Waals surface area contributed by atoms with Crippen LogP contribution in [0.1, 0.15) is 11.1 Å². The van der Waals surface area contributed by atoms with Gasteiger partial charge in [0.15, 0.2) is 6.19 Å². The number of nitrogens with zero attached hydrogens (tertiary/aromatic N) is 5. The summed E-state index contributed by atoms with van der Waals surface area (Å²) in [6, 6.07) is 12.0. The van der Waals surface area contributed by atoms with Gasteiger partial charge in [-0.2, -0.15) is 15.4 Å². The molecule has 1 heterocycles. The lowest BCUT2D eigenvalue weighted by Gasteiger charge is -2.17. The van der Waals surface area contributed by atoms with Crippen LogP contribution in [0.15, 0.2) is 52.1 Å². The average molecular weight is 505 g/mol. The highest BCUT2D eigenvalue weighted by Gasteiger charge is 2.15. The van der Waals surface area contributed by atoms with Crippen LogP contribution in [0.4, 0.5) is 5.95 Å². The van der Waals surface area contributed by atoms with Crippen LogP contribution in [0.25, 0.3) is 0 Å². The van der Waals surface area contributed by atoms with Crippen molar-refractivity contribution >= 4 is 29.2 Å². The zero-order chi connectivity index (χ0) is 24.7. The molecule has 3 aromatic rings. The first-order chi connectivity index (χ1) is 16.3. The average Bonchev–Trinajstić information content (AvgIpc) is 2.82. The molecule has 3 rings (SSSR count). The van der Waals surface area contributed by atoms with Gasteiger partial charge in [0.2, 0.25) is 5.95 Å². The van der Waals surface area contributed by atoms with Crippen molar-refractivity contribution in [2.24, 2.45) is 5.84 Å². The topological polar surface area (TPSA) is 143 Å². The van der Waals surface area contributed by atoms with E-state index in [-0.39, 0.29) is 32.1 Å². The SMILES string of the molecule is COc1ccc(Cn2c(NCCN(N)NC#N)nc(=O)n(Cc3ccc(Cl)c(Cl)c3)c2=O)cc1. The molecular formula is C21H22Cl2N8O3. The zero-order valence-electron chi connectivity index (χ0n) is 18.2. The fourth-order valence-electron chi connectivity index (χ4n) is 3.08. The van der Waals surface area contributed by atoms with Crippen molar-refractivity contribution in [3.8, 4) is 11.9 Å². The van der Waals surface area contributed by atoms with Crippen molar-refractivity contribution in [1.29, 1.82) is 5.26 Å². The predicted molar refractivity (Wildman–Crippen MR) is 129 cm³/mol. The summed E-state index contributed by atoms with van der Waals surface area (Å²) in [5.41, 5.74) is 2.37. The summed E-state index contributed by atoms with van der Waals surface area (Å²) in [6.45, 7) is 0.504. The molecule has 0 saturated heterocycles. The fraction of sp³-hybridized carbons (Fsp3) is 0.238. The molecule has 0 saturated carbocycles. The minimum Gasteiger partial charge on any atom is -0.497 e. The molecule has 0 aliphatic rings. The molecule has 1 aromatic heterocycles. The lowest BCUT2D eigenvalue weighted by atomic mass is 10.2. The van der Waals surface area contributed by atoms with Crippen molar-refractivity contribution < 1.29 is 4.74 Å². The van der Waals surface area contributed by atoms with Gasteiger partial charge in [0, 0.05) is 6.54 Å². The van der Waals surface area contributed by atoms with Crippen LogP contribution >= 0.6 is 23.2 Å². The number of anilines is 1. The van der Waals surface area contributed by atoms with E-state index in [0.29, 0.717) is 21.4 Å². The third-order valence-corrected chi connectivity index (χ3v) is 5.54. The van der Waals surface area contributed by atoms with Crippen LogP contribution in [0.2, 0.25) is 10.0 Å². The normalized spacial score (nSPS) is 10.7. The highest BCUT2D eigenvalue weighted by Crippen LogP contribution is 2.22. The molecule has 11 nitrogen and oxygen atoms in total. The van der Waals surface area contributed by atoms with E-state index >= 15 is 0 Å². The highest BCUT2D eigenvalue weighted by atomic mass is 35.5. The summed E-state index contributed by atoms with van der Waals surface area (Å²) in [6.07, 6.45) is 1.70. The van der Waals surface area contributed by atoms with Crippen LogP contribution in [0.5, 0.6) is 5.75 Å². The molecule has 0 spiro atoms. The predicted octanol–water partition coefficient (Wildman–Crippen LogP) is 1.39. The van der Waals surface area contributed by atoms with E-state index in [1.54, 1.807) is 43.6 Å². The molecule has 13 heteroatoms. The number of nitrogens with two attached hydrogens (primary N) is 1. The first-order valence-corrected chi connectivity index (χ1v) is 10.8. The molecule has 0 bridgehead atoms. The van der Waals surface area contributed by atoms with Crippen LogP contribution in [-0.4, -0.2) is 39.4 Å². The lowest BCUT2D eigenvalue weighted by Crippen LogP contribution is -2.45. The monoisotopic (exact) mass is 504 g/mol. The maximum atomic E-state index is 13.4. The fourth-order valence-corrected chi connectivity index (χ4v) is 3.41. The van der Waals surface area contributed by atoms with Gasteiger partial charge >= 0.3 is 11.4 Å². The van der Waals surface area contributed by atoms with E-state index in [9.17, 15) is 9.59 Å². The molecule has 178 valence electrons. The van der Waals surface area contributed by atoms with Gasteiger partial charge in [-0.25, -0.2) is 19.6 Å². The molecule has 0 aliphatic heterocycles. The van der Waals surface area contributed by atoms with Gasteiger partial charge < -0.3 is 10.1 Å². The second kappa shape index (κ2) is 11.5. The van der Waals surface area contributed by atoms with Crippen LogP contribution in [0, 0.1) is 11.5 Å². The molecule has 0 amide bonds. The Balaban J connectivity index is 1.96. The summed E-state index contributed by atoms with van der Waals surface area (Å²) in [5, 5.41) is 13.3. The second-order valence-electron chi connectivity index (χ2n) is 7.11. The molecule has 0 fully saturated rings. The van der Waals surface area contributed by atoms with Gasteiger partial charge in [-0.05, 0) is 35.4 Å². The number of hydrazine groups is 2. The van der Waals surface area contributed by atoms with Crippen molar-refractivity contribution in [1.82, 2.24) is 24.7 Å². The summed E-state index contributed by atoms with van der Waals surface area (Å²) >= 11 is 12.0. The number of ether oxygens (including phenoxy) is 1. The van der Waals surface area contributed by atoms with Gasteiger partial charge in [-0.1, -0.05) is 41.4 Å². The first-order valence-electron chi connectivity index (χ1n) is 10.0. The number of benzene rings is 2.